The lowest BCUT2D eigenvalue weighted by Crippen LogP contribution is -2.06. The van der Waals surface area contributed by atoms with E-state index in [1.54, 1.807) is 4.68 Å². The van der Waals surface area contributed by atoms with E-state index in [0.29, 0.717) is 12.8 Å². The molecule has 0 saturated carbocycles. The van der Waals surface area contributed by atoms with Crippen molar-refractivity contribution in [2.45, 2.75) is 32.7 Å². The Morgan fingerprint density at radius 3 is 2.76 bits per heavy atom. The molecule has 17 heavy (non-hydrogen) atoms. The summed E-state index contributed by atoms with van der Waals surface area (Å²) < 4.78 is 12.7. The van der Waals surface area contributed by atoms with E-state index < -0.39 is 7.37 Å². The quantitative estimate of drug-likeness (QED) is 0.588. The second kappa shape index (κ2) is 6.07. The first-order chi connectivity index (χ1) is 7.87. The zero-order chi connectivity index (χ0) is 12.9. The van der Waals surface area contributed by atoms with Gasteiger partial charge in [0.25, 0.3) is 0 Å². The van der Waals surface area contributed by atoms with E-state index in [0.717, 1.165) is 18.7 Å². The Bertz CT molecular complexity index is 424. The highest BCUT2D eigenvalue weighted by molar-refractivity contribution is 7.58. The van der Waals surface area contributed by atoms with E-state index in [4.69, 9.17) is 4.89 Å². The van der Waals surface area contributed by atoms with Crippen LogP contribution in [0, 0.1) is 6.92 Å². The largest absolute Gasteiger partial charge is 0.344 e. The molecule has 0 radical (unpaired) electrons. The first-order valence-electron chi connectivity index (χ1n) is 5.54. The first kappa shape index (κ1) is 14.1. The molecule has 1 aromatic heterocycles. The number of Topliss-reactive ketones (excluding diaryl/α,β-unsaturated/α-hetero) is 1. The minimum absolute atomic E-state index is 0.145. The molecule has 0 aliphatic rings. The van der Waals surface area contributed by atoms with Crippen molar-refractivity contribution in [1.82, 2.24) is 15.0 Å². The van der Waals surface area contributed by atoms with Gasteiger partial charge in [0.1, 0.15) is 5.78 Å². The molecule has 0 aliphatic heterocycles. The van der Waals surface area contributed by atoms with Gasteiger partial charge in [0.15, 0.2) is 0 Å². The molecule has 96 valence electrons. The molecule has 1 aromatic rings. The zero-order valence-electron chi connectivity index (χ0n) is 10.2. The van der Waals surface area contributed by atoms with Gasteiger partial charge < -0.3 is 4.89 Å². The number of carbonyl (C=O) groups is 1. The number of carbonyl (C=O) groups excluding carboxylic acids is 1. The molecule has 0 saturated heterocycles. The average Bonchev–Trinajstić information content (AvgIpc) is 2.56. The molecule has 1 unspecified atom stereocenters. The van der Waals surface area contributed by atoms with Gasteiger partial charge in [0, 0.05) is 25.8 Å². The van der Waals surface area contributed by atoms with Gasteiger partial charge in [-0.05, 0) is 19.8 Å². The van der Waals surface area contributed by atoms with E-state index in [2.05, 4.69) is 10.3 Å². The smallest absolute Gasteiger partial charge is 0.204 e. The van der Waals surface area contributed by atoms with Crippen molar-refractivity contribution in [2.24, 2.45) is 0 Å². The standard InChI is InChI=1S/C10H18N3O3P/c1-9-7-13(12-11-9)6-4-3-5-10(14)8-17(2,15)16/h7H,3-6,8H2,1-2H3,(H,15,16). The molecular weight excluding hydrogens is 241 g/mol. The van der Waals surface area contributed by atoms with Crippen LogP contribution in [0.5, 0.6) is 0 Å². The van der Waals surface area contributed by atoms with Crippen LogP contribution in [0.25, 0.3) is 0 Å². The predicted octanol–water partition coefficient (Wildman–Crippen LogP) is 1.23. The van der Waals surface area contributed by atoms with Gasteiger partial charge in [-0.3, -0.25) is 14.0 Å². The maximum Gasteiger partial charge on any atom is 0.204 e. The third-order valence-electron chi connectivity index (χ3n) is 2.22. The Hall–Kier alpha value is -1.00. The Kier molecular flexibility index (Phi) is 5.02. The Morgan fingerprint density at radius 1 is 1.53 bits per heavy atom. The van der Waals surface area contributed by atoms with Crippen LogP contribution in [0.4, 0.5) is 0 Å². The third kappa shape index (κ3) is 6.34. The summed E-state index contributed by atoms with van der Waals surface area (Å²) in [7, 11) is -3.20. The van der Waals surface area contributed by atoms with Gasteiger partial charge in [-0.25, -0.2) is 0 Å². The molecule has 0 aromatic carbocycles. The van der Waals surface area contributed by atoms with E-state index in [-0.39, 0.29) is 11.9 Å². The third-order valence-corrected chi connectivity index (χ3v) is 3.16. The molecular formula is C10H18N3O3P. The summed E-state index contributed by atoms with van der Waals surface area (Å²) in [6, 6.07) is 0. The van der Waals surface area contributed by atoms with Crippen molar-refractivity contribution in [3.8, 4) is 0 Å². The minimum atomic E-state index is -3.20. The lowest BCUT2D eigenvalue weighted by molar-refractivity contribution is -0.116. The van der Waals surface area contributed by atoms with Crippen LogP contribution in [-0.4, -0.2) is 38.5 Å². The van der Waals surface area contributed by atoms with Gasteiger partial charge in [-0.15, -0.1) is 5.10 Å². The van der Waals surface area contributed by atoms with Gasteiger partial charge in [0.2, 0.25) is 7.37 Å². The van der Waals surface area contributed by atoms with E-state index in [9.17, 15) is 9.36 Å². The van der Waals surface area contributed by atoms with E-state index in [1.165, 1.54) is 6.66 Å². The summed E-state index contributed by atoms with van der Waals surface area (Å²) >= 11 is 0. The molecule has 0 fully saturated rings. The highest BCUT2D eigenvalue weighted by Gasteiger charge is 2.15. The van der Waals surface area contributed by atoms with Crippen LogP contribution in [0.3, 0.4) is 0 Å². The number of hydrogen-bond acceptors (Lipinski definition) is 4. The number of rotatable bonds is 7. The van der Waals surface area contributed by atoms with Gasteiger partial charge in [-0.1, -0.05) is 5.21 Å². The van der Waals surface area contributed by atoms with Crippen molar-refractivity contribution in [3.63, 3.8) is 0 Å². The number of aromatic nitrogens is 3. The molecule has 1 rings (SSSR count). The lowest BCUT2D eigenvalue weighted by atomic mass is 10.2. The van der Waals surface area contributed by atoms with Gasteiger partial charge >= 0.3 is 0 Å². The summed E-state index contributed by atoms with van der Waals surface area (Å²) in [6.07, 6.45) is 3.50. The van der Waals surface area contributed by atoms with Crippen LogP contribution in [0.1, 0.15) is 25.0 Å². The number of hydrogen-bond donors (Lipinski definition) is 1. The SMILES string of the molecule is Cc1cn(CCCCC(=O)CP(C)(=O)O)nn1. The fourth-order valence-corrected chi connectivity index (χ4v) is 2.32. The average molecular weight is 259 g/mol. The molecule has 0 spiro atoms. The number of ketones is 1. The summed E-state index contributed by atoms with van der Waals surface area (Å²) in [5, 5.41) is 7.74. The number of unbranched alkanes of at least 4 members (excludes halogenated alkanes) is 1. The number of nitrogens with zero attached hydrogens (tertiary/aromatic N) is 3. The molecule has 0 bridgehead atoms. The Labute approximate surface area is 100 Å². The van der Waals surface area contributed by atoms with Crippen LogP contribution >= 0.6 is 7.37 Å². The predicted molar refractivity (Wildman–Crippen MR) is 64.2 cm³/mol. The fourth-order valence-electron chi connectivity index (χ4n) is 1.51. The second-order valence-corrected chi connectivity index (χ2v) is 6.75. The maximum atomic E-state index is 11.3. The van der Waals surface area contributed by atoms with Crippen LogP contribution in [0.15, 0.2) is 6.20 Å². The minimum Gasteiger partial charge on any atom is -0.344 e. The number of aryl methyl sites for hydroxylation is 2. The highest BCUT2D eigenvalue weighted by Crippen LogP contribution is 2.34. The normalized spacial score (nSPS) is 14.5. The van der Waals surface area contributed by atoms with Crippen molar-refractivity contribution in [2.75, 3.05) is 12.8 Å². The summed E-state index contributed by atoms with van der Waals surface area (Å²) in [4.78, 5) is 20.3. The topological polar surface area (TPSA) is 85.1 Å². The molecule has 0 aliphatic carbocycles. The maximum absolute atomic E-state index is 11.3. The summed E-state index contributed by atoms with van der Waals surface area (Å²) in [5.41, 5.74) is 0.869. The van der Waals surface area contributed by atoms with Crippen molar-refractivity contribution in [3.05, 3.63) is 11.9 Å². The molecule has 1 N–H and O–H groups in total. The highest BCUT2D eigenvalue weighted by atomic mass is 31.2. The Balaban J connectivity index is 2.16. The van der Waals surface area contributed by atoms with Crippen molar-refractivity contribution >= 4 is 13.2 Å². The lowest BCUT2D eigenvalue weighted by Gasteiger charge is -2.04. The van der Waals surface area contributed by atoms with Crippen molar-refractivity contribution < 1.29 is 14.3 Å². The van der Waals surface area contributed by atoms with Crippen molar-refractivity contribution in [1.29, 1.82) is 0 Å². The monoisotopic (exact) mass is 259 g/mol. The van der Waals surface area contributed by atoms with Crippen LogP contribution in [0.2, 0.25) is 0 Å². The molecule has 6 nitrogen and oxygen atoms in total. The first-order valence-corrected chi connectivity index (χ1v) is 7.84. The fraction of sp³-hybridized carbons (Fsp3) is 0.700. The van der Waals surface area contributed by atoms with Crippen LogP contribution < -0.4 is 0 Å². The molecule has 1 atom stereocenters. The second-order valence-electron chi connectivity index (χ2n) is 4.33. The summed E-state index contributed by atoms with van der Waals surface area (Å²) in [6.45, 7) is 3.80. The zero-order valence-corrected chi connectivity index (χ0v) is 11.1. The Morgan fingerprint density at radius 2 is 2.24 bits per heavy atom. The molecule has 7 heteroatoms. The molecule has 1 heterocycles. The van der Waals surface area contributed by atoms with Gasteiger partial charge in [0.05, 0.1) is 11.9 Å². The van der Waals surface area contributed by atoms with E-state index in [1.807, 2.05) is 13.1 Å². The summed E-state index contributed by atoms with van der Waals surface area (Å²) in [5.74, 6) is -0.145. The molecule has 0 amide bonds. The van der Waals surface area contributed by atoms with Crippen LogP contribution in [-0.2, 0) is 15.9 Å². The van der Waals surface area contributed by atoms with Gasteiger partial charge in [-0.2, -0.15) is 0 Å². The van der Waals surface area contributed by atoms with E-state index >= 15 is 0 Å².